The molecule has 0 saturated carbocycles. The van der Waals surface area contributed by atoms with E-state index in [4.69, 9.17) is 4.98 Å². The zero-order valence-corrected chi connectivity index (χ0v) is 14.6. The highest BCUT2D eigenvalue weighted by atomic mass is 32.1. The minimum Gasteiger partial charge on any atom is -0.348 e. The molecule has 1 aromatic heterocycles. The molecule has 1 aliphatic carbocycles. The number of rotatable bonds is 3. The second-order valence-electron chi connectivity index (χ2n) is 7.57. The average Bonchev–Trinajstić information content (AvgIpc) is 2.89. The van der Waals surface area contributed by atoms with Crippen molar-refractivity contribution in [1.29, 1.82) is 0 Å². The van der Waals surface area contributed by atoms with Gasteiger partial charge in [0, 0.05) is 36.0 Å². The van der Waals surface area contributed by atoms with Crippen LogP contribution in [0.5, 0.6) is 0 Å². The number of anilines is 1. The van der Waals surface area contributed by atoms with E-state index in [1.54, 1.807) is 4.88 Å². The molecule has 2 heterocycles. The van der Waals surface area contributed by atoms with Crippen LogP contribution < -0.4 is 10.2 Å². The van der Waals surface area contributed by atoms with E-state index in [0.717, 1.165) is 6.54 Å². The maximum absolute atomic E-state index is 5.06. The summed E-state index contributed by atoms with van der Waals surface area (Å²) in [5, 5.41) is 4.97. The van der Waals surface area contributed by atoms with E-state index in [0.29, 0.717) is 5.92 Å². The molecule has 1 saturated heterocycles. The molecule has 1 fully saturated rings. The van der Waals surface area contributed by atoms with Gasteiger partial charge in [-0.3, -0.25) is 0 Å². The van der Waals surface area contributed by atoms with E-state index in [9.17, 15) is 0 Å². The molecule has 0 radical (unpaired) electrons. The van der Waals surface area contributed by atoms with Gasteiger partial charge in [0.15, 0.2) is 5.13 Å². The van der Waals surface area contributed by atoms with Crippen molar-refractivity contribution in [3.8, 4) is 0 Å². The second-order valence-corrected chi connectivity index (χ2v) is 8.63. The fraction of sp³-hybridized carbons (Fsp3) is 0.824. The summed E-state index contributed by atoms with van der Waals surface area (Å²) in [6, 6.07) is 0. The molecule has 0 amide bonds. The normalized spacial score (nSPS) is 23.2. The van der Waals surface area contributed by atoms with Crippen molar-refractivity contribution in [3.05, 3.63) is 10.6 Å². The smallest absolute Gasteiger partial charge is 0.185 e. The molecule has 1 N–H and O–H groups in total. The number of aryl methyl sites for hydroxylation is 1. The predicted molar refractivity (Wildman–Crippen MR) is 91.6 cm³/mol. The second kappa shape index (κ2) is 6.25. The Morgan fingerprint density at radius 3 is 2.67 bits per heavy atom. The van der Waals surface area contributed by atoms with E-state index in [-0.39, 0.29) is 5.54 Å². The summed E-state index contributed by atoms with van der Waals surface area (Å²) >= 11 is 1.97. The third-order valence-electron chi connectivity index (χ3n) is 4.56. The van der Waals surface area contributed by atoms with E-state index >= 15 is 0 Å². The van der Waals surface area contributed by atoms with Gasteiger partial charge in [0.1, 0.15) is 0 Å². The molecule has 2 aliphatic rings. The summed E-state index contributed by atoms with van der Waals surface area (Å²) in [7, 11) is 0. The summed E-state index contributed by atoms with van der Waals surface area (Å²) in [4.78, 5) is 9.13. The van der Waals surface area contributed by atoms with Gasteiger partial charge < -0.3 is 10.2 Å². The molecule has 1 aliphatic heterocycles. The number of aromatic nitrogens is 1. The van der Waals surface area contributed by atoms with Gasteiger partial charge in [-0.2, -0.15) is 0 Å². The van der Waals surface area contributed by atoms with Crippen molar-refractivity contribution >= 4 is 16.5 Å². The van der Waals surface area contributed by atoms with Gasteiger partial charge in [0.25, 0.3) is 0 Å². The molecule has 0 bridgehead atoms. The first-order chi connectivity index (χ1) is 10.0. The Labute approximate surface area is 133 Å². The lowest BCUT2D eigenvalue weighted by Gasteiger charge is -2.27. The number of nitrogens with zero attached hydrogens (tertiary/aromatic N) is 2. The zero-order valence-electron chi connectivity index (χ0n) is 13.7. The van der Waals surface area contributed by atoms with Crippen LogP contribution >= 0.6 is 11.3 Å². The Kier molecular flexibility index (Phi) is 4.55. The van der Waals surface area contributed by atoms with Crippen LogP contribution in [0.4, 0.5) is 5.13 Å². The van der Waals surface area contributed by atoms with Gasteiger partial charge in [0.2, 0.25) is 0 Å². The van der Waals surface area contributed by atoms with Gasteiger partial charge in [-0.05, 0) is 59.3 Å². The Balaban J connectivity index is 1.73. The number of nitrogens with one attached hydrogen (secondary N) is 1. The molecule has 3 rings (SSSR count). The van der Waals surface area contributed by atoms with Crippen molar-refractivity contribution in [1.82, 2.24) is 10.3 Å². The number of fused-ring (bicyclic) bond motifs is 1. The fourth-order valence-corrected chi connectivity index (χ4v) is 4.58. The van der Waals surface area contributed by atoms with Crippen molar-refractivity contribution in [3.63, 3.8) is 0 Å². The predicted octanol–water partition coefficient (Wildman–Crippen LogP) is 3.94. The largest absolute Gasteiger partial charge is 0.348 e. The summed E-state index contributed by atoms with van der Waals surface area (Å²) in [5.74, 6) is 0.614. The highest BCUT2D eigenvalue weighted by Gasteiger charge is 2.27. The SMILES string of the molecule is CC(C)(C)NCC1CCCc2sc(N3CCCCC3)nc21. The van der Waals surface area contributed by atoms with Crippen molar-refractivity contribution < 1.29 is 0 Å². The quantitative estimate of drug-likeness (QED) is 0.916. The van der Waals surface area contributed by atoms with Crippen LogP contribution in [0, 0.1) is 0 Å². The van der Waals surface area contributed by atoms with E-state index in [1.165, 1.54) is 62.4 Å². The summed E-state index contributed by atoms with van der Waals surface area (Å²) < 4.78 is 0. The summed E-state index contributed by atoms with van der Waals surface area (Å²) in [5.41, 5.74) is 1.60. The zero-order chi connectivity index (χ0) is 14.9. The van der Waals surface area contributed by atoms with Crippen LogP contribution in [-0.4, -0.2) is 30.2 Å². The lowest BCUT2D eigenvalue weighted by Crippen LogP contribution is -2.39. The van der Waals surface area contributed by atoms with E-state index in [2.05, 4.69) is 31.0 Å². The van der Waals surface area contributed by atoms with Gasteiger partial charge in [-0.25, -0.2) is 4.98 Å². The Hall–Kier alpha value is -0.610. The van der Waals surface area contributed by atoms with Crippen molar-refractivity contribution in [2.24, 2.45) is 0 Å². The molecule has 1 atom stereocenters. The van der Waals surface area contributed by atoms with Gasteiger partial charge >= 0.3 is 0 Å². The molecule has 3 nitrogen and oxygen atoms in total. The number of thiazole rings is 1. The van der Waals surface area contributed by atoms with E-state index in [1.807, 2.05) is 11.3 Å². The Morgan fingerprint density at radius 1 is 1.19 bits per heavy atom. The third-order valence-corrected chi connectivity index (χ3v) is 5.76. The molecule has 1 unspecified atom stereocenters. The molecule has 1 aromatic rings. The minimum absolute atomic E-state index is 0.198. The summed E-state index contributed by atoms with van der Waals surface area (Å²) in [6.07, 6.45) is 7.91. The maximum atomic E-state index is 5.06. The average molecular weight is 308 g/mol. The molecule has 21 heavy (non-hydrogen) atoms. The topological polar surface area (TPSA) is 28.2 Å². The number of piperidine rings is 1. The van der Waals surface area contributed by atoms with E-state index < -0.39 is 0 Å². The maximum Gasteiger partial charge on any atom is 0.185 e. The Morgan fingerprint density at radius 2 is 1.95 bits per heavy atom. The standard InChI is InChI=1S/C17H29N3S/c1-17(2,3)18-12-13-8-7-9-14-15(13)19-16(21-14)20-10-5-4-6-11-20/h13,18H,4-12H2,1-3H3. The molecular formula is C17H29N3S. The van der Waals surface area contributed by atoms with Crippen LogP contribution in [0.2, 0.25) is 0 Å². The minimum atomic E-state index is 0.198. The molecular weight excluding hydrogens is 278 g/mol. The van der Waals surface area contributed by atoms with Gasteiger partial charge in [-0.1, -0.05) is 0 Å². The van der Waals surface area contributed by atoms with Gasteiger partial charge in [0.05, 0.1) is 5.69 Å². The first-order valence-corrected chi connectivity index (χ1v) is 9.34. The highest BCUT2D eigenvalue weighted by molar-refractivity contribution is 7.15. The van der Waals surface area contributed by atoms with Gasteiger partial charge in [-0.15, -0.1) is 11.3 Å². The number of hydrogen-bond donors (Lipinski definition) is 1. The van der Waals surface area contributed by atoms with Crippen LogP contribution in [0.3, 0.4) is 0 Å². The lowest BCUT2D eigenvalue weighted by molar-refractivity contribution is 0.388. The molecule has 118 valence electrons. The van der Waals surface area contributed by atoms with Crippen LogP contribution in [0.1, 0.15) is 69.4 Å². The third kappa shape index (κ3) is 3.78. The lowest BCUT2D eigenvalue weighted by atomic mass is 9.90. The molecule has 4 heteroatoms. The highest BCUT2D eigenvalue weighted by Crippen LogP contribution is 2.38. The van der Waals surface area contributed by atoms with Crippen molar-refractivity contribution in [2.45, 2.75) is 70.8 Å². The fourth-order valence-electron chi connectivity index (χ4n) is 3.34. The van der Waals surface area contributed by atoms with Crippen LogP contribution in [0.15, 0.2) is 0 Å². The first-order valence-electron chi connectivity index (χ1n) is 8.52. The van der Waals surface area contributed by atoms with Crippen LogP contribution in [0.25, 0.3) is 0 Å². The summed E-state index contributed by atoms with van der Waals surface area (Å²) in [6.45, 7) is 10.2. The molecule has 0 aromatic carbocycles. The number of hydrogen-bond acceptors (Lipinski definition) is 4. The Bertz CT molecular complexity index is 469. The first kappa shape index (κ1) is 15.3. The monoisotopic (exact) mass is 307 g/mol. The van der Waals surface area contributed by atoms with Crippen LogP contribution in [-0.2, 0) is 6.42 Å². The molecule has 0 spiro atoms. The van der Waals surface area contributed by atoms with Crippen molar-refractivity contribution in [2.75, 3.05) is 24.5 Å².